The highest BCUT2D eigenvalue weighted by Crippen LogP contribution is 2.22. The molecule has 2 N–H and O–H groups in total. The molecule has 1 aliphatic rings. The molecule has 2 amide bonds. The van der Waals surface area contributed by atoms with Gasteiger partial charge in [-0.3, -0.25) is 25.0 Å². The van der Waals surface area contributed by atoms with Gasteiger partial charge in [-0.15, -0.1) is 10.2 Å². The van der Waals surface area contributed by atoms with Crippen LogP contribution in [0.5, 0.6) is 0 Å². The fourth-order valence-corrected chi connectivity index (χ4v) is 3.41. The number of nitrogens with one attached hydrogen (secondary N) is 2. The van der Waals surface area contributed by atoms with Crippen molar-refractivity contribution in [1.82, 2.24) is 25.6 Å². The number of anilines is 1. The Morgan fingerprint density at radius 3 is 2.59 bits per heavy atom. The lowest BCUT2D eigenvalue weighted by molar-refractivity contribution is -0.119. The van der Waals surface area contributed by atoms with Crippen molar-refractivity contribution >= 4 is 29.5 Å². The van der Waals surface area contributed by atoms with Crippen LogP contribution in [0.4, 0.5) is 5.95 Å². The number of rotatable bonds is 6. The van der Waals surface area contributed by atoms with E-state index in [9.17, 15) is 9.59 Å². The Morgan fingerprint density at radius 2 is 1.89 bits per heavy atom. The van der Waals surface area contributed by atoms with E-state index >= 15 is 0 Å². The summed E-state index contributed by atoms with van der Waals surface area (Å²) in [4.78, 5) is 26.1. The number of hydrogen-bond acceptors (Lipinski definition) is 7. The lowest BCUT2D eigenvalue weighted by Gasteiger charge is -2.27. The topological polar surface area (TPSA) is 101 Å². The third-order valence-electron chi connectivity index (χ3n) is 3.99. The highest BCUT2D eigenvalue weighted by atomic mass is 32.2. The van der Waals surface area contributed by atoms with Gasteiger partial charge in [-0.25, -0.2) is 0 Å². The third kappa shape index (κ3) is 4.98. The highest BCUT2D eigenvalue weighted by Gasteiger charge is 2.20. The van der Waals surface area contributed by atoms with Crippen LogP contribution in [0.2, 0.25) is 0 Å². The van der Waals surface area contributed by atoms with Crippen LogP contribution in [0, 0.1) is 0 Å². The minimum atomic E-state index is -0.361. The van der Waals surface area contributed by atoms with Gasteiger partial charge in [0, 0.05) is 25.2 Å². The lowest BCUT2D eigenvalue weighted by Crippen LogP contribution is -2.42. The predicted molar refractivity (Wildman–Crippen MR) is 102 cm³/mol. The van der Waals surface area contributed by atoms with E-state index in [-0.39, 0.29) is 17.6 Å². The minimum Gasteiger partial charge on any atom is -0.378 e. The van der Waals surface area contributed by atoms with E-state index in [0.29, 0.717) is 30.5 Å². The Labute approximate surface area is 161 Å². The van der Waals surface area contributed by atoms with Crippen LogP contribution in [-0.2, 0) is 16.1 Å². The number of hydrazine groups is 1. The van der Waals surface area contributed by atoms with Crippen molar-refractivity contribution < 1.29 is 14.3 Å². The molecule has 1 aromatic carbocycles. The molecule has 0 atom stereocenters. The normalized spacial score (nSPS) is 14.0. The summed E-state index contributed by atoms with van der Waals surface area (Å²) in [6.45, 7) is 5.60. The van der Waals surface area contributed by atoms with Crippen molar-refractivity contribution in [2.75, 3.05) is 37.0 Å². The van der Waals surface area contributed by atoms with Gasteiger partial charge >= 0.3 is 0 Å². The van der Waals surface area contributed by atoms with Gasteiger partial charge in [0.15, 0.2) is 5.16 Å². The summed E-state index contributed by atoms with van der Waals surface area (Å²) >= 11 is 1.28. The maximum Gasteiger partial charge on any atom is 0.269 e. The Hall–Kier alpha value is -2.59. The summed E-state index contributed by atoms with van der Waals surface area (Å²) in [5, 5.41) is 9.14. The number of benzene rings is 1. The fraction of sp³-hybridized carbons (Fsp3) is 0.412. The first-order valence-corrected chi connectivity index (χ1v) is 9.70. The first kappa shape index (κ1) is 19.2. The quantitative estimate of drug-likeness (QED) is 0.553. The third-order valence-corrected chi connectivity index (χ3v) is 4.96. The average Bonchev–Trinajstić information content (AvgIpc) is 3.14. The molecule has 3 rings (SSSR count). The number of morpholine rings is 1. The first-order valence-electron chi connectivity index (χ1n) is 8.72. The molecule has 10 heteroatoms. The molecule has 1 aliphatic heterocycles. The second-order valence-corrected chi connectivity index (χ2v) is 6.73. The zero-order valence-electron chi connectivity index (χ0n) is 15.1. The van der Waals surface area contributed by atoms with Gasteiger partial charge in [0.1, 0.15) is 0 Å². The summed E-state index contributed by atoms with van der Waals surface area (Å²) in [7, 11) is 0. The minimum absolute atomic E-state index is 0.121. The van der Waals surface area contributed by atoms with Gasteiger partial charge in [0.2, 0.25) is 11.9 Å². The van der Waals surface area contributed by atoms with E-state index in [4.69, 9.17) is 4.74 Å². The zero-order valence-corrected chi connectivity index (χ0v) is 15.9. The number of aromatic nitrogens is 3. The summed E-state index contributed by atoms with van der Waals surface area (Å²) in [6.07, 6.45) is 0. The van der Waals surface area contributed by atoms with Crippen LogP contribution < -0.4 is 15.8 Å². The molecule has 0 radical (unpaired) electrons. The van der Waals surface area contributed by atoms with Gasteiger partial charge in [0.05, 0.1) is 19.0 Å². The Kier molecular flexibility index (Phi) is 6.66. The summed E-state index contributed by atoms with van der Waals surface area (Å²) in [6, 6.07) is 8.69. The molecule has 9 nitrogen and oxygen atoms in total. The van der Waals surface area contributed by atoms with Crippen molar-refractivity contribution in [3.8, 4) is 0 Å². The fourth-order valence-electron chi connectivity index (χ4n) is 2.62. The van der Waals surface area contributed by atoms with Crippen LogP contribution in [-0.4, -0.2) is 58.6 Å². The van der Waals surface area contributed by atoms with Crippen LogP contribution in [0.3, 0.4) is 0 Å². The lowest BCUT2D eigenvalue weighted by atomic mass is 10.2. The Morgan fingerprint density at radius 1 is 1.15 bits per heavy atom. The van der Waals surface area contributed by atoms with Gasteiger partial charge in [-0.05, 0) is 19.1 Å². The van der Waals surface area contributed by atoms with Gasteiger partial charge in [-0.1, -0.05) is 30.0 Å². The number of hydrogen-bond donors (Lipinski definition) is 2. The van der Waals surface area contributed by atoms with Gasteiger partial charge < -0.3 is 9.64 Å². The van der Waals surface area contributed by atoms with E-state index in [1.807, 2.05) is 17.6 Å². The second-order valence-electron chi connectivity index (χ2n) is 5.78. The SMILES string of the molecule is CCn1c(SCC(=O)NNC(=O)c2ccccc2)nnc1N1CCOCC1. The van der Waals surface area contributed by atoms with Gasteiger partial charge in [-0.2, -0.15) is 0 Å². The zero-order chi connectivity index (χ0) is 19.1. The molecule has 0 bridgehead atoms. The number of amides is 2. The van der Waals surface area contributed by atoms with Crippen molar-refractivity contribution in [2.45, 2.75) is 18.6 Å². The standard InChI is InChI=1S/C17H22N6O3S/c1-2-23-16(22-8-10-26-11-9-22)20-21-17(23)27-12-14(24)18-19-15(25)13-6-4-3-5-7-13/h3-7H,2,8-12H2,1H3,(H,18,24)(H,19,25). The average molecular weight is 390 g/mol. The Bertz CT molecular complexity index is 776. The Balaban J connectivity index is 1.51. The predicted octanol–water partition coefficient (Wildman–Crippen LogP) is 0.688. The number of carbonyl (C=O) groups is 2. The molecule has 0 saturated carbocycles. The van der Waals surface area contributed by atoms with Gasteiger partial charge in [0.25, 0.3) is 5.91 Å². The van der Waals surface area contributed by atoms with Crippen molar-refractivity contribution in [3.05, 3.63) is 35.9 Å². The van der Waals surface area contributed by atoms with Crippen LogP contribution in [0.15, 0.2) is 35.5 Å². The van der Waals surface area contributed by atoms with Crippen molar-refractivity contribution in [1.29, 1.82) is 0 Å². The summed E-state index contributed by atoms with van der Waals surface area (Å²) in [5.41, 5.74) is 5.30. The number of carbonyl (C=O) groups excluding carboxylic acids is 2. The van der Waals surface area contributed by atoms with E-state index in [1.165, 1.54) is 11.8 Å². The molecule has 1 saturated heterocycles. The molecule has 1 fully saturated rings. The second kappa shape index (κ2) is 9.38. The molecule has 27 heavy (non-hydrogen) atoms. The van der Waals surface area contributed by atoms with Crippen LogP contribution >= 0.6 is 11.8 Å². The van der Waals surface area contributed by atoms with E-state index in [1.54, 1.807) is 24.3 Å². The summed E-state index contributed by atoms with van der Waals surface area (Å²) < 4.78 is 7.34. The van der Waals surface area contributed by atoms with E-state index in [2.05, 4.69) is 25.9 Å². The molecule has 0 unspecified atom stereocenters. The molecule has 1 aromatic heterocycles. The smallest absolute Gasteiger partial charge is 0.269 e. The number of ether oxygens (including phenoxy) is 1. The van der Waals surface area contributed by atoms with Crippen LogP contribution in [0.1, 0.15) is 17.3 Å². The molecule has 144 valence electrons. The molecule has 2 heterocycles. The van der Waals surface area contributed by atoms with Crippen molar-refractivity contribution in [2.24, 2.45) is 0 Å². The molecule has 0 aliphatic carbocycles. The maximum atomic E-state index is 12.0. The molecular formula is C17H22N6O3S. The molecule has 0 spiro atoms. The monoisotopic (exact) mass is 390 g/mol. The van der Waals surface area contributed by atoms with E-state index in [0.717, 1.165) is 19.0 Å². The van der Waals surface area contributed by atoms with Crippen LogP contribution in [0.25, 0.3) is 0 Å². The van der Waals surface area contributed by atoms with Crippen molar-refractivity contribution in [3.63, 3.8) is 0 Å². The molecule has 2 aromatic rings. The largest absolute Gasteiger partial charge is 0.378 e. The highest BCUT2D eigenvalue weighted by molar-refractivity contribution is 7.99. The summed E-state index contributed by atoms with van der Waals surface area (Å²) in [5.74, 6) is 0.236. The first-order chi connectivity index (χ1) is 13.2. The number of nitrogens with zero attached hydrogens (tertiary/aromatic N) is 4. The van der Waals surface area contributed by atoms with E-state index < -0.39 is 0 Å². The maximum absolute atomic E-state index is 12.0. The number of thioether (sulfide) groups is 1. The molecular weight excluding hydrogens is 368 g/mol.